The van der Waals surface area contributed by atoms with Crippen molar-refractivity contribution in [1.29, 1.82) is 0 Å². The highest BCUT2D eigenvalue weighted by molar-refractivity contribution is 5.81. The Morgan fingerprint density at radius 1 is 1.15 bits per heavy atom. The van der Waals surface area contributed by atoms with Crippen LogP contribution in [-0.4, -0.2) is 25.3 Å². The van der Waals surface area contributed by atoms with Gasteiger partial charge in [-0.05, 0) is 62.2 Å². The van der Waals surface area contributed by atoms with Gasteiger partial charge in [-0.1, -0.05) is 18.2 Å². The Morgan fingerprint density at radius 3 is 2.46 bits per heavy atom. The molecule has 1 N–H and O–H groups in total. The van der Waals surface area contributed by atoms with Gasteiger partial charge in [0.25, 0.3) is 0 Å². The Kier molecular flexibility index (Phi) is 5.21. The van der Waals surface area contributed by atoms with Crippen molar-refractivity contribution in [3.8, 4) is 11.5 Å². The van der Waals surface area contributed by atoms with E-state index in [0.29, 0.717) is 17.4 Å². The van der Waals surface area contributed by atoms with Crippen molar-refractivity contribution in [2.45, 2.75) is 44.9 Å². The fourth-order valence-electron chi connectivity index (χ4n) is 4.37. The van der Waals surface area contributed by atoms with Gasteiger partial charge < -0.3 is 14.6 Å². The summed E-state index contributed by atoms with van der Waals surface area (Å²) in [6.45, 7) is 3.81. The summed E-state index contributed by atoms with van der Waals surface area (Å²) in [6.07, 6.45) is 10.5. The monoisotopic (exact) mass is 354 g/mol. The van der Waals surface area contributed by atoms with Crippen molar-refractivity contribution in [2.75, 3.05) is 14.2 Å². The number of carboxylic acids is 1. The molecule has 1 fully saturated rings. The molecule has 3 rings (SSSR count). The quantitative estimate of drug-likeness (QED) is 0.573. The van der Waals surface area contributed by atoms with E-state index in [1.54, 1.807) is 27.2 Å². The Balaban J connectivity index is 2.00. The van der Waals surface area contributed by atoms with Crippen molar-refractivity contribution in [1.82, 2.24) is 0 Å². The molecular weight excluding hydrogens is 328 g/mol. The summed E-state index contributed by atoms with van der Waals surface area (Å²) in [7, 11) is 3.47. The maximum atomic E-state index is 10.7. The van der Waals surface area contributed by atoms with Crippen molar-refractivity contribution >= 4 is 11.5 Å². The van der Waals surface area contributed by atoms with E-state index < -0.39 is 5.97 Å². The molecule has 0 heterocycles. The van der Waals surface area contributed by atoms with Crippen LogP contribution in [0.4, 0.5) is 0 Å². The first kappa shape index (κ1) is 18.3. The number of fused-ring (bicyclic) bond motifs is 5. The van der Waals surface area contributed by atoms with E-state index in [2.05, 4.69) is 6.07 Å². The van der Waals surface area contributed by atoms with E-state index in [-0.39, 0.29) is 0 Å². The summed E-state index contributed by atoms with van der Waals surface area (Å²) in [5, 5.41) is 8.78. The zero-order valence-corrected chi connectivity index (χ0v) is 15.8. The number of hydrogen-bond acceptors (Lipinski definition) is 3. The highest BCUT2D eigenvalue weighted by Gasteiger charge is 2.42. The van der Waals surface area contributed by atoms with Gasteiger partial charge >= 0.3 is 5.97 Å². The molecule has 2 aliphatic rings. The normalized spacial score (nSPS) is 22.0. The molecule has 0 aromatic heterocycles. The van der Waals surface area contributed by atoms with Crippen LogP contribution in [0.25, 0.3) is 5.57 Å². The van der Waals surface area contributed by atoms with Gasteiger partial charge in [-0.2, -0.15) is 0 Å². The maximum absolute atomic E-state index is 10.7. The fourth-order valence-corrected chi connectivity index (χ4v) is 4.37. The topological polar surface area (TPSA) is 55.8 Å². The van der Waals surface area contributed by atoms with Crippen LogP contribution in [0.1, 0.15) is 61.6 Å². The van der Waals surface area contributed by atoms with Crippen LogP contribution >= 0.6 is 0 Å². The van der Waals surface area contributed by atoms with Crippen LogP contribution in [-0.2, 0) is 4.79 Å². The van der Waals surface area contributed by atoms with Crippen molar-refractivity contribution < 1.29 is 19.4 Å². The molecule has 0 aliphatic heterocycles. The second-order valence-electron chi connectivity index (χ2n) is 7.13. The predicted molar refractivity (Wildman–Crippen MR) is 103 cm³/mol. The summed E-state index contributed by atoms with van der Waals surface area (Å²) in [5.41, 5.74) is 5.47. The Labute approximate surface area is 154 Å². The van der Waals surface area contributed by atoms with E-state index in [0.717, 1.165) is 22.6 Å². The van der Waals surface area contributed by atoms with E-state index >= 15 is 0 Å². The molecule has 1 aromatic carbocycles. The molecule has 4 nitrogen and oxygen atoms in total. The number of ether oxygens (including phenoxy) is 2. The van der Waals surface area contributed by atoms with Gasteiger partial charge in [0.15, 0.2) is 0 Å². The molecule has 26 heavy (non-hydrogen) atoms. The van der Waals surface area contributed by atoms with Crippen molar-refractivity contribution in [3.05, 3.63) is 52.6 Å². The molecule has 0 amide bonds. The molecule has 4 heteroatoms. The van der Waals surface area contributed by atoms with Crippen LogP contribution in [0.15, 0.2) is 35.9 Å². The fraction of sp³-hybridized carbons (Fsp3) is 0.409. The first-order chi connectivity index (χ1) is 12.5. The number of rotatable bonds is 6. The average molecular weight is 354 g/mol. The SMILES string of the molecule is COc1cc(C(C)=CC=CC(C)=CC(=O)O)c(OC)c2c1[C@@H]1CC[C@@H]2C1. The minimum atomic E-state index is -0.937. The highest BCUT2D eigenvalue weighted by atomic mass is 16.5. The lowest BCUT2D eigenvalue weighted by molar-refractivity contribution is -0.131. The second kappa shape index (κ2) is 7.40. The van der Waals surface area contributed by atoms with Gasteiger partial charge in [0.1, 0.15) is 11.5 Å². The van der Waals surface area contributed by atoms with Crippen LogP contribution < -0.4 is 9.47 Å². The predicted octanol–water partition coefficient (Wildman–Crippen LogP) is 5.06. The second-order valence-corrected chi connectivity index (χ2v) is 7.13. The summed E-state index contributed by atoms with van der Waals surface area (Å²) in [4.78, 5) is 10.7. The number of carboxylic acid groups (broad SMARTS) is 1. The van der Waals surface area contributed by atoms with Crippen LogP contribution in [0.3, 0.4) is 0 Å². The summed E-state index contributed by atoms with van der Waals surface area (Å²) >= 11 is 0. The number of carbonyl (C=O) groups is 1. The number of methoxy groups -OCH3 is 2. The molecular formula is C22H26O4. The first-order valence-electron chi connectivity index (χ1n) is 9.01. The molecule has 0 radical (unpaired) electrons. The van der Waals surface area contributed by atoms with E-state index in [1.165, 1.54) is 36.5 Å². The minimum absolute atomic E-state index is 0.572. The molecule has 0 unspecified atom stereocenters. The Bertz CT molecular complexity index is 814. The maximum Gasteiger partial charge on any atom is 0.328 e. The van der Waals surface area contributed by atoms with Crippen LogP contribution in [0, 0.1) is 0 Å². The third-order valence-electron chi connectivity index (χ3n) is 5.47. The summed E-state index contributed by atoms with van der Waals surface area (Å²) < 4.78 is 11.5. The summed E-state index contributed by atoms with van der Waals surface area (Å²) in [5.74, 6) is 2.16. The Hall–Kier alpha value is -2.49. The third kappa shape index (κ3) is 3.28. The lowest BCUT2D eigenvalue weighted by Crippen LogP contribution is -2.06. The van der Waals surface area contributed by atoms with Crippen LogP contribution in [0.2, 0.25) is 0 Å². The lowest BCUT2D eigenvalue weighted by atomic mass is 9.87. The van der Waals surface area contributed by atoms with Crippen molar-refractivity contribution in [2.24, 2.45) is 0 Å². The molecule has 2 atom stereocenters. The van der Waals surface area contributed by atoms with Gasteiger partial charge in [-0.25, -0.2) is 4.79 Å². The average Bonchev–Trinajstić information content (AvgIpc) is 3.21. The first-order valence-corrected chi connectivity index (χ1v) is 9.01. The molecule has 2 bridgehead atoms. The zero-order chi connectivity index (χ0) is 18.8. The molecule has 1 aromatic rings. The number of allylic oxidation sites excluding steroid dienone is 5. The van der Waals surface area contributed by atoms with E-state index in [9.17, 15) is 4.79 Å². The molecule has 0 spiro atoms. The minimum Gasteiger partial charge on any atom is -0.496 e. The third-order valence-corrected chi connectivity index (χ3v) is 5.47. The van der Waals surface area contributed by atoms with Gasteiger partial charge in [-0.15, -0.1) is 0 Å². The van der Waals surface area contributed by atoms with Gasteiger partial charge in [0.05, 0.1) is 14.2 Å². The zero-order valence-electron chi connectivity index (χ0n) is 15.8. The number of hydrogen-bond donors (Lipinski definition) is 1. The number of benzene rings is 1. The summed E-state index contributed by atoms with van der Waals surface area (Å²) in [6, 6.07) is 2.08. The lowest BCUT2D eigenvalue weighted by Gasteiger charge is -2.23. The van der Waals surface area contributed by atoms with Gasteiger partial charge in [0.2, 0.25) is 0 Å². The number of aliphatic carboxylic acids is 1. The van der Waals surface area contributed by atoms with E-state index in [4.69, 9.17) is 14.6 Å². The van der Waals surface area contributed by atoms with Gasteiger partial charge in [0, 0.05) is 22.8 Å². The molecule has 138 valence electrons. The molecule has 0 saturated heterocycles. The smallest absolute Gasteiger partial charge is 0.328 e. The van der Waals surface area contributed by atoms with Crippen LogP contribution in [0.5, 0.6) is 11.5 Å². The standard InChI is InChI=1S/C22H26O4/c1-13(10-19(23)24)6-5-7-14(2)17-12-18(25-3)20-15-8-9-16(11-15)21(20)22(17)26-4/h5-7,10,12,15-16H,8-9,11H2,1-4H3,(H,23,24)/t15-,16-/m1/s1. The largest absolute Gasteiger partial charge is 0.496 e. The Morgan fingerprint density at radius 2 is 1.85 bits per heavy atom. The van der Waals surface area contributed by atoms with Crippen molar-refractivity contribution in [3.63, 3.8) is 0 Å². The van der Waals surface area contributed by atoms with E-state index in [1.807, 2.05) is 19.1 Å². The van der Waals surface area contributed by atoms with Gasteiger partial charge in [-0.3, -0.25) is 0 Å². The molecule has 2 aliphatic carbocycles. The highest BCUT2D eigenvalue weighted by Crippen LogP contribution is 2.59. The molecule has 1 saturated carbocycles.